The van der Waals surface area contributed by atoms with Crippen LogP contribution in [-0.2, 0) is 16.0 Å². The van der Waals surface area contributed by atoms with Gasteiger partial charge < -0.3 is 10.4 Å². The largest absolute Gasteiger partial charge is 0.480 e. The van der Waals surface area contributed by atoms with Crippen LogP contribution in [0.15, 0.2) is 24.3 Å². The Morgan fingerprint density at radius 3 is 2.79 bits per heavy atom. The number of hydrogen-bond donors (Lipinski definition) is 2. The number of aliphatic carboxylic acids is 1. The van der Waals surface area contributed by atoms with Crippen LogP contribution in [-0.4, -0.2) is 41.0 Å². The predicted molar refractivity (Wildman–Crippen MR) is 94.4 cm³/mol. The first-order valence-electron chi connectivity index (χ1n) is 8.49. The maximum absolute atomic E-state index is 12.3. The zero-order valence-corrected chi connectivity index (χ0v) is 14.6. The van der Waals surface area contributed by atoms with Gasteiger partial charge in [0.1, 0.15) is 6.04 Å². The second-order valence-electron chi connectivity index (χ2n) is 6.49. The van der Waals surface area contributed by atoms with Gasteiger partial charge in [-0.2, -0.15) is 0 Å². The highest BCUT2D eigenvalue weighted by Crippen LogP contribution is 2.29. The van der Waals surface area contributed by atoms with Gasteiger partial charge in [-0.1, -0.05) is 24.3 Å². The van der Waals surface area contributed by atoms with Crippen molar-refractivity contribution in [3.8, 4) is 0 Å². The molecule has 2 aliphatic rings. The van der Waals surface area contributed by atoms with E-state index in [1.807, 2.05) is 17.0 Å². The molecule has 0 saturated carbocycles. The van der Waals surface area contributed by atoms with Crippen molar-refractivity contribution < 1.29 is 14.7 Å². The molecule has 1 heterocycles. The molecule has 0 aromatic heterocycles. The van der Waals surface area contributed by atoms with Crippen molar-refractivity contribution in [2.75, 3.05) is 13.1 Å². The number of fused-ring (bicyclic) bond motifs is 1. The maximum Gasteiger partial charge on any atom is 0.320 e. The summed E-state index contributed by atoms with van der Waals surface area (Å²) in [5, 5.41) is 12.3. The predicted octanol–water partition coefficient (Wildman–Crippen LogP) is 2.54. The summed E-state index contributed by atoms with van der Waals surface area (Å²) in [4.78, 5) is 25.4. The summed E-state index contributed by atoms with van der Waals surface area (Å²) in [5.41, 5.74) is 2.56. The van der Waals surface area contributed by atoms with Crippen molar-refractivity contribution in [1.82, 2.24) is 10.2 Å². The molecular formula is C18H25ClN2O3. The summed E-state index contributed by atoms with van der Waals surface area (Å²) in [5.74, 6) is -0.758. The van der Waals surface area contributed by atoms with E-state index < -0.39 is 12.0 Å². The fraction of sp³-hybridized carbons (Fsp3) is 0.556. The van der Waals surface area contributed by atoms with Crippen LogP contribution in [0.1, 0.15) is 49.3 Å². The van der Waals surface area contributed by atoms with Crippen molar-refractivity contribution in [3.05, 3.63) is 35.4 Å². The lowest BCUT2D eigenvalue weighted by Gasteiger charge is -2.27. The summed E-state index contributed by atoms with van der Waals surface area (Å²) in [6.45, 7) is 1.30. The number of aryl methyl sites for hydroxylation is 1. The number of carbonyl (C=O) groups excluding carboxylic acids is 1. The van der Waals surface area contributed by atoms with Gasteiger partial charge in [-0.15, -0.1) is 12.4 Å². The van der Waals surface area contributed by atoms with Gasteiger partial charge in [0.15, 0.2) is 0 Å². The van der Waals surface area contributed by atoms with Crippen molar-refractivity contribution in [1.29, 1.82) is 0 Å². The van der Waals surface area contributed by atoms with Gasteiger partial charge in [0.05, 0.1) is 6.04 Å². The van der Waals surface area contributed by atoms with E-state index in [1.165, 1.54) is 11.1 Å². The molecule has 6 heteroatoms. The van der Waals surface area contributed by atoms with Gasteiger partial charge >= 0.3 is 5.97 Å². The number of hydrogen-bond acceptors (Lipinski definition) is 3. The molecule has 3 rings (SSSR count). The van der Waals surface area contributed by atoms with E-state index in [-0.39, 0.29) is 24.4 Å². The molecule has 1 fully saturated rings. The number of halogens is 1. The van der Waals surface area contributed by atoms with E-state index in [4.69, 9.17) is 0 Å². The highest BCUT2D eigenvalue weighted by Gasteiger charge is 2.30. The summed E-state index contributed by atoms with van der Waals surface area (Å²) < 4.78 is 0. The van der Waals surface area contributed by atoms with E-state index in [0.717, 1.165) is 32.2 Å². The summed E-state index contributed by atoms with van der Waals surface area (Å²) >= 11 is 0. The first-order chi connectivity index (χ1) is 11.1. The smallest absolute Gasteiger partial charge is 0.320 e. The third-order valence-electron chi connectivity index (χ3n) is 4.98. The first kappa shape index (κ1) is 18.7. The summed E-state index contributed by atoms with van der Waals surface area (Å²) in [7, 11) is 0. The molecule has 2 atom stereocenters. The van der Waals surface area contributed by atoms with Crippen molar-refractivity contribution in [3.63, 3.8) is 0 Å². The molecule has 1 aliphatic carbocycles. The third kappa shape index (κ3) is 4.28. The number of rotatable bonds is 5. The molecule has 1 aromatic carbocycles. The van der Waals surface area contributed by atoms with Gasteiger partial charge in [-0.25, -0.2) is 0 Å². The molecule has 1 saturated heterocycles. The Morgan fingerprint density at radius 2 is 2.00 bits per heavy atom. The summed E-state index contributed by atoms with van der Waals surface area (Å²) in [6.07, 6.45) is 5.10. The molecular weight excluding hydrogens is 328 g/mol. The molecule has 0 radical (unpaired) electrons. The highest BCUT2D eigenvalue weighted by atomic mass is 35.5. The van der Waals surface area contributed by atoms with Crippen LogP contribution >= 0.6 is 12.4 Å². The number of carbonyl (C=O) groups is 2. The number of nitrogens with zero attached hydrogens (tertiary/aromatic N) is 1. The monoisotopic (exact) mass is 352 g/mol. The van der Waals surface area contributed by atoms with Crippen molar-refractivity contribution in [2.45, 2.75) is 50.6 Å². The van der Waals surface area contributed by atoms with Crippen LogP contribution < -0.4 is 5.32 Å². The molecule has 1 unspecified atom stereocenters. The molecule has 2 N–H and O–H groups in total. The zero-order chi connectivity index (χ0) is 16.2. The van der Waals surface area contributed by atoms with Crippen LogP contribution in [0.25, 0.3) is 0 Å². The minimum atomic E-state index is -0.774. The van der Waals surface area contributed by atoms with Crippen LogP contribution in [0.3, 0.4) is 0 Å². The van der Waals surface area contributed by atoms with E-state index in [0.29, 0.717) is 19.4 Å². The van der Waals surface area contributed by atoms with Gasteiger partial charge in [0.25, 0.3) is 0 Å². The van der Waals surface area contributed by atoms with Gasteiger partial charge in [0.2, 0.25) is 5.91 Å². The average molecular weight is 353 g/mol. The lowest BCUT2D eigenvalue weighted by atomic mass is 9.87. The van der Waals surface area contributed by atoms with Gasteiger partial charge in [-0.3, -0.25) is 14.5 Å². The fourth-order valence-electron chi connectivity index (χ4n) is 3.79. The minimum Gasteiger partial charge on any atom is -0.480 e. The third-order valence-corrected chi connectivity index (χ3v) is 4.98. The fourth-order valence-corrected chi connectivity index (χ4v) is 3.79. The molecule has 1 amide bonds. The van der Waals surface area contributed by atoms with Gasteiger partial charge in [0, 0.05) is 13.0 Å². The Labute approximate surface area is 148 Å². The molecule has 0 bridgehead atoms. The lowest BCUT2D eigenvalue weighted by Crippen LogP contribution is -2.39. The molecule has 0 spiro atoms. The Kier molecular flexibility index (Phi) is 6.63. The van der Waals surface area contributed by atoms with Crippen LogP contribution in [0.2, 0.25) is 0 Å². The van der Waals surface area contributed by atoms with Crippen LogP contribution in [0, 0.1) is 0 Å². The second kappa shape index (κ2) is 8.49. The first-order valence-corrected chi connectivity index (χ1v) is 8.49. The van der Waals surface area contributed by atoms with Crippen LogP contribution in [0.5, 0.6) is 0 Å². The van der Waals surface area contributed by atoms with E-state index in [1.54, 1.807) is 0 Å². The zero-order valence-electron chi connectivity index (χ0n) is 13.7. The highest BCUT2D eigenvalue weighted by molar-refractivity contribution is 5.85. The lowest BCUT2D eigenvalue weighted by molar-refractivity contribution is -0.142. The van der Waals surface area contributed by atoms with Crippen molar-refractivity contribution in [2.24, 2.45) is 0 Å². The molecule has 1 aliphatic heterocycles. The second-order valence-corrected chi connectivity index (χ2v) is 6.49. The molecule has 5 nitrogen and oxygen atoms in total. The Hall–Kier alpha value is -1.59. The molecule has 1 aromatic rings. The number of carboxylic acid groups (broad SMARTS) is 1. The Balaban J connectivity index is 0.00000208. The van der Waals surface area contributed by atoms with Crippen molar-refractivity contribution >= 4 is 24.3 Å². The topological polar surface area (TPSA) is 69.6 Å². The van der Waals surface area contributed by atoms with E-state index >= 15 is 0 Å². The van der Waals surface area contributed by atoms with Gasteiger partial charge in [-0.05, 0) is 49.8 Å². The number of likely N-dealkylation sites (tertiary alicyclic amines) is 1. The summed E-state index contributed by atoms with van der Waals surface area (Å²) in [6, 6.07) is 7.97. The number of nitrogens with one attached hydrogen (secondary N) is 1. The van der Waals surface area contributed by atoms with Crippen LogP contribution in [0.4, 0.5) is 0 Å². The number of amides is 1. The van der Waals surface area contributed by atoms with E-state index in [9.17, 15) is 14.7 Å². The average Bonchev–Trinajstić information content (AvgIpc) is 3.02. The SMILES string of the molecule is Cl.O=C(CCN1CCC[C@@H]1C(=O)O)NC1CCCc2ccccc21. The molecule has 24 heavy (non-hydrogen) atoms. The Bertz CT molecular complexity index is 593. The minimum absolute atomic E-state index is 0. The molecule has 132 valence electrons. The standard InChI is InChI=1S/C18H24N2O3.ClH/c21-17(10-12-20-11-4-9-16(20)18(22)23)19-15-8-3-6-13-5-1-2-7-14(13)15;/h1-2,5,7,15-16H,3-4,6,8-12H2,(H,19,21)(H,22,23);1H/t15?,16-;/m1./s1. The number of benzene rings is 1. The maximum atomic E-state index is 12.3. The Morgan fingerprint density at radius 1 is 1.21 bits per heavy atom. The normalized spacial score (nSPS) is 23.2. The number of carboxylic acids is 1. The van der Waals surface area contributed by atoms with E-state index in [2.05, 4.69) is 17.4 Å². The quantitative estimate of drug-likeness (QED) is 0.854.